The van der Waals surface area contributed by atoms with Crippen LogP contribution in [0.2, 0.25) is 0 Å². The third-order valence-electron chi connectivity index (χ3n) is 6.02. The quantitative estimate of drug-likeness (QED) is 0.496. The Labute approximate surface area is 187 Å². The van der Waals surface area contributed by atoms with Gasteiger partial charge in [0.25, 0.3) is 0 Å². The van der Waals surface area contributed by atoms with E-state index in [2.05, 4.69) is 17.0 Å². The number of benzene rings is 2. The first-order valence-corrected chi connectivity index (χ1v) is 10.8. The van der Waals surface area contributed by atoms with E-state index in [4.69, 9.17) is 23.4 Å². The first-order valence-electron chi connectivity index (χ1n) is 10.8. The van der Waals surface area contributed by atoms with Gasteiger partial charge in [0.05, 0.1) is 39.9 Å². The van der Waals surface area contributed by atoms with Crippen molar-refractivity contribution in [1.29, 1.82) is 0 Å². The van der Waals surface area contributed by atoms with Crippen molar-refractivity contribution in [3.05, 3.63) is 64.0 Å². The van der Waals surface area contributed by atoms with Crippen LogP contribution in [0.3, 0.4) is 0 Å². The monoisotopic (exact) mass is 439 g/mol. The summed E-state index contributed by atoms with van der Waals surface area (Å²) in [5.74, 6) is 1.97. The van der Waals surface area contributed by atoms with Gasteiger partial charge in [-0.3, -0.25) is 4.90 Å². The minimum Gasteiger partial charge on any atom is -0.497 e. The lowest BCUT2D eigenvalue weighted by atomic mass is 9.86. The average molecular weight is 440 g/mol. The molecule has 1 saturated heterocycles. The Kier molecular flexibility index (Phi) is 6.97. The van der Waals surface area contributed by atoms with Gasteiger partial charge >= 0.3 is 5.63 Å². The summed E-state index contributed by atoms with van der Waals surface area (Å²) < 4.78 is 27.9. The average Bonchev–Trinajstić information content (AvgIpc) is 2.84. The van der Waals surface area contributed by atoms with Gasteiger partial charge in [-0.15, -0.1) is 0 Å². The van der Waals surface area contributed by atoms with Crippen LogP contribution >= 0.6 is 0 Å². The van der Waals surface area contributed by atoms with Crippen LogP contribution in [0.15, 0.2) is 51.7 Å². The van der Waals surface area contributed by atoms with E-state index in [1.807, 2.05) is 18.2 Å². The predicted octanol–water partition coefficient (Wildman–Crippen LogP) is 3.67. The summed E-state index contributed by atoms with van der Waals surface area (Å²) in [5.41, 5.74) is 2.03. The molecule has 7 heteroatoms. The van der Waals surface area contributed by atoms with Crippen molar-refractivity contribution in [2.24, 2.45) is 0 Å². The van der Waals surface area contributed by atoms with Gasteiger partial charge in [0, 0.05) is 36.7 Å². The molecule has 0 spiro atoms. The molecule has 0 aliphatic carbocycles. The van der Waals surface area contributed by atoms with Crippen molar-refractivity contribution in [2.75, 3.05) is 54.2 Å². The zero-order chi connectivity index (χ0) is 22.5. The first kappa shape index (κ1) is 22.2. The third-order valence-corrected chi connectivity index (χ3v) is 6.02. The van der Waals surface area contributed by atoms with Crippen LogP contribution in [0.25, 0.3) is 11.0 Å². The Bertz CT molecular complexity index is 1100. The minimum atomic E-state index is -0.407. The van der Waals surface area contributed by atoms with Crippen molar-refractivity contribution in [1.82, 2.24) is 4.90 Å². The fourth-order valence-electron chi connectivity index (χ4n) is 4.32. The molecule has 1 aliphatic heterocycles. The molecule has 7 nitrogen and oxygen atoms in total. The van der Waals surface area contributed by atoms with Gasteiger partial charge in [0.15, 0.2) is 0 Å². The molecule has 1 fully saturated rings. The first-order chi connectivity index (χ1) is 15.6. The molecule has 1 aliphatic rings. The molecule has 0 amide bonds. The van der Waals surface area contributed by atoms with E-state index < -0.39 is 5.63 Å². The zero-order valence-electron chi connectivity index (χ0n) is 18.8. The van der Waals surface area contributed by atoms with Crippen molar-refractivity contribution in [2.45, 2.75) is 12.3 Å². The molecule has 4 rings (SSSR count). The Hall–Kier alpha value is -3.03. The van der Waals surface area contributed by atoms with Crippen LogP contribution in [-0.4, -0.2) is 59.1 Å². The lowest BCUT2D eigenvalue weighted by Gasteiger charge is -2.29. The number of nitrogens with zero attached hydrogens (tertiary/aromatic N) is 1. The van der Waals surface area contributed by atoms with Crippen LogP contribution < -0.4 is 19.8 Å². The normalized spacial score (nSPS) is 15.5. The summed E-state index contributed by atoms with van der Waals surface area (Å²) >= 11 is 0. The summed E-state index contributed by atoms with van der Waals surface area (Å²) in [7, 11) is 4.87. The number of rotatable bonds is 8. The van der Waals surface area contributed by atoms with Gasteiger partial charge in [0.2, 0.25) is 0 Å². The van der Waals surface area contributed by atoms with E-state index >= 15 is 0 Å². The standard InChI is InChI=1S/C25H29NO6/c1-28-18-6-4-17(5-7-18)19(10-11-26-12-14-31-15-13-26)24-22(30-3)16-21(29-2)20-8-9-23(27)32-25(20)24/h4-9,16,19H,10-15H2,1-3H3/t19-/m1/s1. The number of fused-ring (bicyclic) bond motifs is 1. The highest BCUT2D eigenvalue weighted by molar-refractivity contribution is 5.89. The summed E-state index contributed by atoms with van der Waals surface area (Å²) in [6, 6.07) is 13.0. The second-order valence-electron chi connectivity index (χ2n) is 7.76. The number of hydrogen-bond acceptors (Lipinski definition) is 7. The SMILES string of the molecule is COc1ccc([C@@H](CCN2CCOCC2)c2c(OC)cc(OC)c3ccc(=O)oc23)cc1. The maximum Gasteiger partial charge on any atom is 0.336 e. The molecule has 1 aromatic heterocycles. The fourth-order valence-corrected chi connectivity index (χ4v) is 4.32. The van der Waals surface area contributed by atoms with Crippen molar-refractivity contribution >= 4 is 11.0 Å². The van der Waals surface area contributed by atoms with Crippen LogP contribution in [0, 0.1) is 0 Å². The lowest BCUT2D eigenvalue weighted by molar-refractivity contribution is 0.0369. The topological polar surface area (TPSA) is 70.4 Å². The summed E-state index contributed by atoms with van der Waals surface area (Å²) in [6.07, 6.45) is 0.822. The molecule has 3 aromatic rings. The molecule has 0 radical (unpaired) electrons. The molecule has 1 atom stereocenters. The van der Waals surface area contributed by atoms with Gasteiger partial charge in [0.1, 0.15) is 22.8 Å². The predicted molar refractivity (Wildman–Crippen MR) is 122 cm³/mol. The van der Waals surface area contributed by atoms with E-state index in [-0.39, 0.29) is 5.92 Å². The molecule has 170 valence electrons. The lowest BCUT2D eigenvalue weighted by Crippen LogP contribution is -2.37. The van der Waals surface area contributed by atoms with Crippen molar-refractivity contribution < 1.29 is 23.4 Å². The Morgan fingerprint density at radius 2 is 1.66 bits per heavy atom. The number of ether oxygens (including phenoxy) is 4. The maximum absolute atomic E-state index is 12.2. The van der Waals surface area contributed by atoms with Crippen LogP contribution in [0.1, 0.15) is 23.5 Å². The number of hydrogen-bond donors (Lipinski definition) is 0. The molecule has 0 N–H and O–H groups in total. The molecule has 0 bridgehead atoms. The Balaban J connectivity index is 1.85. The number of morpholine rings is 1. The van der Waals surface area contributed by atoms with Gasteiger partial charge in [-0.1, -0.05) is 12.1 Å². The van der Waals surface area contributed by atoms with Crippen LogP contribution in [-0.2, 0) is 4.74 Å². The van der Waals surface area contributed by atoms with Gasteiger partial charge in [-0.2, -0.15) is 0 Å². The van der Waals surface area contributed by atoms with Crippen molar-refractivity contribution in [3.8, 4) is 17.2 Å². The molecule has 0 unspecified atom stereocenters. The summed E-state index contributed by atoms with van der Waals surface area (Å²) in [5, 5.41) is 0.743. The maximum atomic E-state index is 12.2. The van der Waals surface area contributed by atoms with Gasteiger partial charge in [-0.25, -0.2) is 4.79 Å². The third kappa shape index (κ3) is 4.59. The molecule has 32 heavy (non-hydrogen) atoms. The van der Waals surface area contributed by atoms with Crippen molar-refractivity contribution in [3.63, 3.8) is 0 Å². The molecule has 0 saturated carbocycles. The molecule has 2 heterocycles. The molecular formula is C25H29NO6. The van der Waals surface area contributed by atoms with Crippen LogP contribution in [0.5, 0.6) is 17.2 Å². The van der Waals surface area contributed by atoms with Gasteiger partial charge in [-0.05, 0) is 36.7 Å². The van der Waals surface area contributed by atoms with Gasteiger partial charge < -0.3 is 23.4 Å². The largest absolute Gasteiger partial charge is 0.497 e. The van der Waals surface area contributed by atoms with Crippen LogP contribution in [0.4, 0.5) is 0 Å². The summed E-state index contributed by atoms with van der Waals surface area (Å²) in [6.45, 7) is 4.19. The molecular weight excluding hydrogens is 410 g/mol. The summed E-state index contributed by atoms with van der Waals surface area (Å²) in [4.78, 5) is 14.6. The zero-order valence-corrected chi connectivity index (χ0v) is 18.8. The van der Waals surface area contributed by atoms with E-state index in [1.54, 1.807) is 27.4 Å². The Morgan fingerprint density at radius 3 is 2.31 bits per heavy atom. The minimum absolute atomic E-state index is 0.0577. The van der Waals surface area contributed by atoms with E-state index in [0.29, 0.717) is 17.1 Å². The second kappa shape index (κ2) is 10.1. The number of methoxy groups -OCH3 is 3. The fraction of sp³-hybridized carbons (Fsp3) is 0.400. The van der Waals surface area contributed by atoms with E-state index in [9.17, 15) is 4.79 Å². The highest BCUT2D eigenvalue weighted by Crippen LogP contribution is 2.43. The van der Waals surface area contributed by atoms with E-state index in [0.717, 1.165) is 61.5 Å². The highest BCUT2D eigenvalue weighted by atomic mass is 16.5. The smallest absolute Gasteiger partial charge is 0.336 e. The van der Waals surface area contributed by atoms with E-state index in [1.165, 1.54) is 6.07 Å². The highest BCUT2D eigenvalue weighted by Gasteiger charge is 2.26. The molecule has 2 aromatic carbocycles. The second-order valence-corrected chi connectivity index (χ2v) is 7.76. The Morgan fingerprint density at radius 1 is 0.938 bits per heavy atom.